The number of aromatic nitrogens is 2. The van der Waals surface area contributed by atoms with Crippen molar-refractivity contribution < 1.29 is 9.72 Å². The summed E-state index contributed by atoms with van der Waals surface area (Å²) in [6, 6.07) is 0.263. The predicted octanol–water partition coefficient (Wildman–Crippen LogP) is 1.89. The number of rotatable bonds is 4. The molecular weight excluding hydrogens is 260 g/mol. The van der Waals surface area contributed by atoms with Crippen LogP contribution in [0.4, 0.5) is 5.82 Å². The van der Waals surface area contributed by atoms with Gasteiger partial charge in [-0.05, 0) is 17.8 Å². The molecule has 0 radical (unpaired) electrons. The third-order valence-corrected chi connectivity index (χ3v) is 4.03. The van der Waals surface area contributed by atoms with Crippen molar-refractivity contribution in [3.63, 3.8) is 0 Å². The Labute approximate surface area is 117 Å². The van der Waals surface area contributed by atoms with Crippen LogP contribution in [0.5, 0.6) is 0 Å². The highest BCUT2D eigenvalue weighted by Gasteiger charge is 2.26. The molecule has 0 N–H and O–H groups in total. The maximum Gasteiger partial charge on any atom is 0.343 e. The summed E-state index contributed by atoms with van der Waals surface area (Å²) in [5.41, 5.74) is 0. The van der Waals surface area contributed by atoms with Crippen LogP contribution in [0.25, 0.3) is 0 Å². The summed E-state index contributed by atoms with van der Waals surface area (Å²) in [5, 5.41) is 10.9. The molecule has 0 aromatic carbocycles. The van der Waals surface area contributed by atoms with Gasteiger partial charge in [-0.25, -0.2) is 9.55 Å². The van der Waals surface area contributed by atoms with Gasteiger partial charge in [-0.1, -0.05) is 19.3 Å². The Morgan fingerprint density at radius 1 is 1.50 bits per heavy atom. The first-order chi connectivity index (χ1) is 9.50. The SMILES string of the molecule is Cc1ncc([N+](=O)[O-])n1CC(=O)N(C)C1CCCCC1. The van der Waals surface area contributed by atoms with Gasteiger partial charge in [0.05, 0.1) is 0 Å². The van der Waals surface area contributed by atoms with Gasteiger partial charge in [-0.15, -0.1) is 0 Å². The third-order valence-electron chi connectivity index (χ3n) is 4.03. The molecule has 2 rings (SSSR count). The van der Waals surface area contributed by atoms with Gasteiger partial charge in [0.15, 0.2) is 12.4 Å². The number of hydrogen-bond donors (Lipinski definition) is 0. The van der Waals surface area contributed by atoms with Crippen molar-refractivity contribution in [2.24, 2.45) is 0 Å². The van der Waals surface area contributed by atoms with Gasteiger partial charge in [0.2, 0.25) is 0 Å². The number of carbonyl (C=O) groups is 1. The van der Waals surface area contributed by atoms with Crippen molar-refractivity contribution in [3.8, 4) is 0 Å². The molecule has 1 aliphatic carbocycles. The number of carbonyl (C=O) groups excluding carboxylic acids is 1. The van der Waals surface area contributed by atoms with Crippen LogP contribution in [0.15, 0.2) is 6.20 Å². The molecule has 7 heteroatoms. The highest BCUT2D eigenvalue weighted by molar-refractivity contribution is 5.76. The van der Waals surface area contributed by atoms with E-state index in [4.69, 9.17) is 0 Å². The standard InChI is InChI=1S/C13H20N4O3/c1-10-14-8-12(17(19)20)16(10)9-13(18)15(2)11-6-4-3-5-7-11/h8,11H,3-7,9H2,1-2H3. The van der Waals surface area contributed by atoms with Crippen LogP contribution in [-0.2, 0) is 11.3 Å². The summed E-state index contributed by atoms with van der Waals surface area (Å²) in [7, 11) is 1.79. The zero-order valence-corrected chi connectivity index (χ0v) is 11.9. The number of aryl methyl sites for hydroxylation is 1. The monoisotopic (exact) mass is 280 g/mol. The lowest BCUT2D eigenvalue weighted by molar-refractivity contribution is -0.392. The van der Waals surface area contributed by atoms with E-state index in [1.54, 1.807) is 18.9 Å². The summed E-state index contributed by atoms with van der Waals surface area (Å²) < 4.78 is 1.36. The Bertz CT molecular complexity index is 506. The van der Waals surface area contributed by atoms with E-state index < -0.39 is 4.92 Å². The van der Waals surface area contributed by atoms with E-state index in [9.17, 15) is 14.9 Å². The van der Waals surface area contributed by atoms with Gasteiger partial charge in [-0.2, -0.15) is 0 Å². The van der Waals surface area contributed by atoms with Crippen molar-refractivity contribution in [1.82, 2.24) is 14.5 Å². The molecule has 0 spiro atoms. The minimum Gasteiger partial charge on any atom is -0.358 e. The molecule has 7 nitrogen and oxygen atoms in total. The first-order valence-corrected chi connectivity index (χ1v) is 6.93. The minimum atomic E-state index is -0.506. The molecule has 1 fully saturated rings. The van der Waals surface area contributed by atoms with E-state index in [0.717, 1.165) is 25.7 Å². The number of hydrogen-bond acceptors (Lipinski definition) is 4. The van der Waals surface area contributed by atoms with Crippen LogP contribution in [0, 0.1) is 17.0 Å². The molecule has 110 valence electrons. The van der Waals surface area contributed by atoms with Gasteiger partial charge < -0.3 is 15.0 Å². The molecule has 1 aromatic heterocycles. The van der Waals surface area contributed by atoms with Crippen molar-refractivity contribution in [2.75, 3.05) is 7.05 Å². The Morgan fingerprint density at radius 3 is 2.75 bits per heavy atom. The molecule has 1 saturated carbocycles. The third kappa shape index (κ3) is 2.97. The van der Waals surface area contributed by atoms with Gasteiger partial charge in [0.25, 0.3) is 5.91 Å². The minimum absolute atomic E-state index is 0.0187. The van der Waals surface area contributed by atoms with E-state index >= 15 is 0 Å². The van der Waals surface area contributed by atoms with Crippen LogP contribution in [0.2, 0.25) is 0 Å². The fraction of sp³-hybridized carbons (Fsp3) is 0.692. The molecule has 1 aromatic rings. The summed E-state index contributed by atoms with van der Waals surface area (Å²) in [6.07, 6.45) is 6.76. The number of nitro groups is 1. The number of nitrogens with zero attached hydrogens (tertiary/aromatic N) is 4. The fourth-order valence-corrected chi connectivity index (χ4v) is 2.72. The highest BCUT2D eigenvalue weighted by Crippen LogP contribution is 2.22. The largest absolute Gasteiger partial charge is 0.358 e. The maximum atomic E-state index is 12.3. The molecule has 0 bridgehead atoms. The molecule has 20 heavy (non-hydrogen) atoms. The van der Waals surface area contributed by atoms with Crippen LogP contribution < -0.4 is 0 Å². The Hall–Kier alpha value is -1.92. The molecule has 1 aliphatic rings. The lowest BCUT2D eigenvalue weighted by atomic mass is 9.94. The summed E-state index contributed by atoms with van der Waals surface area (Å²) in [4.78, 5) is 28.3. The molecule has 0 saturated heterocycles. The van der Waals surface area contributed by atoms with E-state index in [-0.39, 0.29) is 24.3 Å². The number of likely N-dealkylation sites (N-methyl/N-ethyl adjacent to an activating group) is 1. The molecule has 0 unspecified atom stereocenters. The second-order valence-electron chi connectivity index (χ2n) is 5.30. The maximum absolute atomic E-state index is 12.3. The first-order valence-electron chi connectivity index (χ1n) is 6.93. The lowest BCUT2D eigenvalue weighted by Crippen LogP contribution is -2.40. The van der Waals surface area contributed by atoms with Crippen molar-refractivity contribution in [1.29, 1.82) is 0 Å². The molecule has 1 amide bonds. The average Bonchev–Trinajstić information content (AvgIpc) is 2.80. The zero-order chi connectivity index (χ0) is 14.7. The molecule has 0 atom stereocenters. The van der Waals surface area contributed by atoms with Gasteiger partial charge in [0.1, 0.15) is 6.20 Å². The van der Waals surface area contributed by atoms with Gasteiger partial charge in [-0.3, -0.25) is 4.79 Å². The van der Waals surface area contributed by atoms with Crippen LogP contribution in [0.1, 0.15) is 37.9 Å². The summed E-state index contributed by atoms with van der Waals surface area (Å²) >= 11 is 0. The van der Waals surface area contributed by atoms with Crippen molar-refractivity contribution in [3.05, 3.63) is 22.1 Å². The smallest absolute Gasteiger partial charge is 0.343 e. The highest BCUT2D eigenvalue weighted by atomic mass is 16.6. The van der Waals surface area contributed by atoms with Gasteiger partial charge in [0, 0.05) is 20.0 Å². The van der Waals surface area contributed by atoms with E-state index in [1.807, 2.05) is 0 Å². The van der Waals surface area contributed by atoms with Crippen LogP contribution in [0.3, 0.4) is 0 Å². The van der Waals surface area contributed by atoms with Crippen molar-refractivity contribution >= 4 is 11.7 Å². The second kappa shape index (κ2) is 6.02. The van der Waals surface area contributed by atoms with E-state index in [2.05, 4.69) is 4.98 Å². The zero-order valence-electron chi connectivity index (χ0n) is 11.9. The van der Waals surface area contributed by atoms with Crippen LogP contribution >= 0.6 is 0 Å². The normalized spacial score (nSPS) is 16.1. The Balaban J connectivity index is 2.07. The molecule has 1 heterocycles. The fourth-order valence-electron chi connectivity index (χ4n) is 2.72. The summed E-state index contributed by atoms with van der Waals surface area (Å²) in [5.74, 6) is 0.260. The predicted molar refractivity (Wildman–Crippen MR) is 73.3 cm³/mol. The quantitative estimate of drug-likeness (QED) is 0.623. The number of amides is 1. The first kappa shape index (κ1) is 14.5. The topological polar surface area (TPSA) is 81.3 Å². The Morgan fingerprint density at radius 2 is 2.15 bits per heavy atom. The molecular formula is C13H20N4O3. The second-order valence-corrected chi connectivity index (χ2v) is 5.30. The average molecular weight is 280 g/mol. The van der Waals surface area contributed by atoms with E-state index in [1.165, 1.54) is 17.2 Å². The van der Waals surface area contributed by atoms with Crippen LogP contribution in [-0.4, -0.2) is 38.4 Å². The van der Waals surface area contributed by atoms with Gasteiger partial charge >= 0.3 is 5.82 Å². The molecule has 0 aliphatic heterocycles. The van der Waals surface area contributed by atoms with E-state index in [0.29, 0.717) is 5.82 Å². The van der Waals surface area contributed by atoms with Crippen molar-refractivity contribution in [2.45, 2.75) is 51.6 Å². The summed E-state index contributed by atoms with van der Waals surface area (Å²) in [6.45, 7) is 1.65. The number of imidazole rings is 1. The Kier molecular flexibility index (Phi) is 4.36. The lowest BCUT2D eigenvalue weighted by Gasteiger charge is -2.30.